The Morgan fingerprint density at radius 3 is 2.52 bits per heavy atom. The van der Waals surface area contributed by atoms with Crippen LogP contribution in [0.3, 0.4) is 0 Å². The van der Waals surface area contributed by atoms with Gasteiger partial charge in [0.2, 0.25) is 6.79 Å². The number of carbonyl (C=O) groups is 1. The van der Waals surface area contributed by atoms with E-state index in [1.165, 1.54) is 0 Å². The fraction of sp³-hybridized carbons (Fsp3) is 0.333. The van der Waals surface area contributed by atoms with Crippen LogP contribution in [0.15, 0.2) is 60.8 Å². The third-order valence-corrected chi connectivity index (χ3v) is 7.95. The van der Waals surface area contributed by atoms with Crippen molar-refractivity contribution in [1.29, 1.82) is 0 Å². The maximum absolute atomic E-state index is 13.4. The number of para-hydroxylation sites is 1. The molecule has 0 aliphatic carbocycles. The smallest absolute Gasteiger partial charge is 0.257 e. The lowest BCUT2D eigenvalue weighted by Gasteiger charge is -2.35. The fourth-order valence-corrected chi connectivity index (χ4v) is 5.66. The monoisotopic (exact) mass is 587 g/mol. The lowest BCUT2D eigenvalue weighted by molar-refractivity contribution is 0.0743. The maximum atomic E-state index is 13.4. The highest BCUT2D eigenvalue weighted by molar-refractivity contribution is 6.99. The molecule has 2 aliphatic heterocycles. The highest BCUT2D eigenvalue weighted by Crippen LogP contribution is 2.42. The van der Waals surface area contributed by atoms with Crippen LogP contribution in [0.2, 0.25) is 0 Å². The molecule has 4 aromatic rings. The number of benzene rings is 2. The number of aromatic hydroxyl groups is 1. The number of phenols is 1. The first kappa shape index (κ1) is 27.6. The molecule has 3 N–H and O–H groups in total. The second-order valence-corrected chi connectivity index (χ2v) is 11.8. The zero-order valence-electron chi connectivity index (χ0n) is 23.7. The molecule has 0 saturated carbocycles. The summed E-state index contributed by atoms with van der Waals surface area (Å²) in [7, 11) is 0. The number of phenolic OH excluding ortho intramolecular Hbond substituents is 1. The molecular formula is C30H33N7O4S. The van der Waals surface area contributed by atoms with E-state index >= 15 is 0 Å². The minimum Gasteiger partial charge on any atom is -0.505 e. The number of nitrogens with zero attached hydrogens (tertiary/aromatic N) is 5. The van der Waals surface area contributed by atoms with Crippen LogP contribution in [-0.2, 0) is 0 Å². The van der Waals surface area contributed by atoms with E-state index in [0.29, 0.717) is 49.3 Å². The average molecular weight is 588 g/mol. The molecule has 11 nitrogen and oxygen atoms in total. The third kappa shape index (κ3) is 5.62. The lowest BCUT2D eigenvalue weighted by Crippen LogP contribution is -2.49. The number of pyridine rings is 1. The number of aromatic nitrogens is 3. The quantitative estimate of drug-likeness (QED) is 0.246. The number of piperazine rings is 1. The van der Waals surface area contributed by atoms with Crippen molar-refractivity contribution in [3.63, 3.8) is 0 Å². The molecule has 0 radical (unpaired) electrons. The molecule has 4 heterocycles. The number of hydrogen-bond acceptors (Lipinski definition) is 11. The van der Waals surface area contributed by atoms with Gasteiger partial charge in [-0.3, -0.25) is 4.79 Å². The normalized spacial score (nSPS) is 15.4. The molecule has 0 spiro atoms. The Balaban J connectivity index is 1.17. The number of nitrogens with one attached hydrogen (secondary N) is 2. The standard InChI is InChI=1S/C30H33N7O4S/c1-30(2,3)26(19-10-11-22-23(17-19)41-18-40-22)33-28-27(34-42-35-28)32-21-8-6-7-20(25(21)38)29(39)37-15-13-36(14-16-37)24-9-4-5-12-31-24/h4-12,17,26,38H,13-16,18H2,1-3H3,(H,32,34)(H,33,35)/t26-/m0/s1. The molecule has 1 saturated heterocycles. The van der Waals surface area contributed by atoms with E-state index in [-0.39, 0.29) is 35.5 Å². The van der Waals surface area contributed by atoms with Crippen LogP contribution in [0.5, 0.6) is 17.2 Å². The van der Waals surface area contributed by atoms with Crippen molar-refractivity contribution in [2.24, 2.45) is 5.41 Å². The van der Waals surface area contributed by atoms with E-state index in [9.17, 15) is 9.90 Å². The molecule has 12 heteroatoms. The molecule has 1 fully saturated rings. The van der Waals surface area contributed by atoms with Crippen LogP contribution in [0.4, 0.5) is 23.1 Å². The minimum absolute atomic E-state index is 0.128. The van der Waals surface area contributed by atoms with Crippen LogP contribution in [0.25, 0.3) is 0 Å². The molecule has 2 aliphatic rings. The highest BCUT2D eigenvalue weighted by Gasteiger charge is 2.30. The van der Waals surface area contributed by atoms with Gasteiger partial charge in [0.1, 0.15) is 5.82 Å². The molecule has 42 heavy (non-hydrogen) atoms. The molecule has 2 aromatic heterocycles. The zero-order valence-corrected chi connectivity index (χ0v) is 24.5. The Kier molecular flexibility index (Phi) is 7.46. The molecular weight excluding hydrogens is 554 g/mol. The Labute approximate surface area is 248 Å². The van der Waals surface area contributed by atoms with Crippen molar-refractivity contribution in [3.05, 3.63) is 71.9 Å². The Morgan fingerprint density at radius 1 is 0.976 bits per heavy atom. The van der Waals surface area contributed by atoms with Crippen molar-refractivity contribution in [2.75, 3.05) is 48.5 Å². The lowest BCUT2D eigenvalue weighted by atomic mass is 9.82. The molecule has 0 unspecified atom stereocenters. The molecule has 0 bridgehead atoms. The third-order valence-electron chi connectivity index (χ3n) is 7.43. The second-order valence-electron chi connectivity index (χ2n) is 11.3. The van der Waals surface area contributed by atoms with E-state index < -0.39 is 0 Å². The van der Waals surface area contributed by atoms with Crippen molar-refractivity contribution >= 4 is 40.8 Å². The van der Waals surface area contributed by atoms with Gasteiger partial charge >= 0.3 is 0 Å². The van der Waals surface area contributed by atoms with Crippen LogP contribution in [0, 0.1) is 5.41 Å². The van der Waals surface area contributed by atoms with Gasteiger partial charge in [0.25, 0.3) is 5.91 Å². The molecule has 218 valence electrons. The number of fused-ring (bicyclic) bond motifs is 1. The van der Waals surface area contributed by atoms with Gasteiger partial charge in [-0.2, -0.15) is 8.75 Å². The van der Waals surface area contributed by atoms with Gasteiger partial charge in [-0.1, -0.05) is 39.0 Å². The number of rotatable bonds is 7. The van der Waals surface area contributed by atoms with Gasteiger partial charge in [-0.25, -0.2) is 4.98 Å². The Hall–Kier alpha value is -4.58. The van der Waals surface area contributed by atoms with E-state index in [1.54, 1.807) is 29.3 Å². The number of amides is 1. The SMILES string of the molecule is CC(C)(C)[C@@H](Nc1nsnc1Nc1cccc(C(=O)N2CCN(c3ccccn3)CC2)c1O)c1ccc2c(c1)OCO2. The van der Waals surface area contributed by atoms with Crippen LogP contribution >= 0.6 is 11.7 Å². The summed E-state index contributed by atoms with van der Waals surface area (Å²) in [6.45, 7) is 9.02. The average Bonchev–Trinajstić information content (AvgIpc) is 3.65. The van der Waals surface area contributed by atoms with Gasteiger partial charge in [0, 0.05) is 32.4 Å². The van der Waals surface area contributed by atoms with Crippen LogP contribution in [-0.4, -0.2) is 62.6 Å². The highest BCUT2D eigenvalue weighted by atomic mass is 32.1. The van der Waals surface area contributed by atoms with Gasteiger partial charge in [-0.15, -0.1) is 0 Å². The summed E-state index contributed by atoms with van der Waals surface area (Å²) in [4.78, 5) is 21.7. The van der Waals surface area contributed by atoms with Gasteiger partial charge in [0.05, 0.1) is 29.0 Å². The summed E-state index contributed by atoms with van der Waals surface area (Å²) < 4.78 is 20.0. The number of hydrogen-bond donors (Lipinski definition) is 3. The summed E-state index contributed by atoms with van der Waals surface area (Å²) in [6, 6.07) is 16.7. The Bertz CT molecular complexity index is 1570. The predicted molar refractivity (Wildman–Crippen MR) is 162 cm³/mol. The predicted octanol–water partition coefficient (Wildman–Crippen LogP) is 5.27. The first-order chi connectivity index (χ1) is 20.3. The van der Waals surface area contributed by atoms with Crippen molar-refractivity contribution in [2.45, 2.75) is 26.8 Å². The van der Waals surface area contributed by atoms with E-state index in [2.05, 4.69) is 50.0 Å². The number of anilines is 4. The molecule has 6 rings (SSSR count). The van der Waals surface area contributed by atoms with Crippen LogP contribution in [0.1, 0.15) is 42.7 Å². The fourth-order valence-electron chi connectivity index (χ4n) is 5.19. The zero-order chi connectivity index (χ0) is 29.3. The van der Waals surface area contributed by atoms with E-state index in [4.69, 9.17) is 9.47 Å². The van der Waals surface area contributed by atoms with Crippen molar-refractivity contribution in [1.82, 2.24) is 18.6 Å². The van der Waals surface area contributed by atoms with Crippen molar-refractivity contribution < 1.29 is 19.4 Å². The van der Waals surface area contributed by atoms with E-state index in [1.807, 2.05) is 36.4 Å². The maximum Gasteiger partial charge on any atom is 0.257 e. The number of ether oxygens (including phenoxy) is 2. The summed E-state index contributed by atoms with van der Waals surface area (Å²) in [5.74, 6) is 2.98. The molecule has 1 atom stereocenters. The first-order valence-electron chi connectivity index (χ1n) is 13.8. The molecule has 1 amide bonds. The minimum atomic E-state index is -0.220. The first-order valence-corrected chi connectivity index (χ1v) is 14.5. The topological polar surface area (TPSA) is 125 Å². The Morgan fingerprint density at radius 2 is 1.76 bits per heavy atom. The summed E-state index contributed by atoms with van der Waals surface area (Å²) >= 11 is 1.05. The summed E-state index contributed by atoms with van der Waals surface area (Å²) in [5, 5.41) is 17.9. The van der Waals surface area contributed by atoms with Gasteiger partial charge < -0.3 is 35.0 Å². The summed E-state index contributed by atoms with van der Waals surface area (Å²) in [5.41, 5.74) is 1.43. The van der Waals surface area contributed by atoms with E-state index in [0.717, 1.165) is 28.9 Å². The number of carbonyl (C=O) groups excluding carboxylic acids is 1. The van der Waals surface area contributed by atoms with Crippen LogP contribution < -0.4 is 25.0 Å². The largest absolute Gasteiger partial charge is 0.505 e. The second kappa shape index (κ2) is 11.4. The van der Waals surface area contributed by atoms with Gasteiger partial charge in [-0.05, 0) is 47.4 Å². The van der Waals surface area contributed by atoms with Gasteiger partial charge in [0.15, 0.2) is 28.9 Å². The summed E-state index contributed by atoms with van der Waals surface area (Å²) in [6.07, 6.45) is 1.77. The molecule has 2 aromatic carbocycles. The van der Waals surface area contributed by atoms with Crippen molar-refractivity contribution in [3.8, 4) is 17.2 Å².